The summed E-state index contributed by atoms with van der Waals surface area (Å²) in [5.41, 5.74) is 13.3. The molecule has 0 saturated heterocycles. The first-order valence-corrected chi connectivity index (χ1v) is 32.5. The van der Waals surface area contributed by atoms with Crippen molar-refractivity contribution in [3.05, 3.63) is 53.8 Å². The van der Waals surface area contributed by atoms with Gasteiger partial charge >= 0.3 is 37.9 Å². The summed E-state index contributed by atoms with van der Waals surface area (Å²) in [4.78, 5) is 0. The van der Waals surface area contributed by atoms with Gasteiger partial charge in [-0.25, -0.2) is 0 Å². The van der Waals surface area contributed by atoms with E-state index < -0.39 is 36.3 Å². The molecule has 10 atom stereocenters. The van der Waals surface area contributed by atoms with Crippen LogP contribution >= 0.6 is 28.1 Å². The van der Waals surface area contributed by atoms with E-state index in [4.69, 9.17) is 28.1 Å². The Morgan fingerprint density at radius 2 is 0.896 bits per heavy atom. The van der Waals surface area contributed by atoms with Gasteiger partial charge in [-0.3, -0.25) is 0 Å². The van der Waals surface area contributed by atoms with Crippen molar-refractivity contribution in [2.24, 2.45) is 47.3 Å². The van der Waals surface area contributed by atoms with Crippen molar-refractivity contribution in [2.75, 3.05) is 0 Å². The summed E-state index contributed by atoms with van der Waals surface area (Å²) < 4.78 is 0. The minimum atomic E-state index is -1.76. The molecule has 0 heterocycles. The Hall–Kier alpha value is 1.15. The van der Waals surface area contributed by atoms with Crippen LogP contribution < -0.4 is 0 Å². The monoisotopic (exact) mass is 832 g/mol. The molecule has 4 aliphatic rings. The van der Waals surface area contributed by atoms with Crippen molar-refractivity contribution in [2.45, 2.75) is 159 Å². The number of fused-ring (bicyclic) bond motifs is 2. The molecule has 1 aromatic rings. The second-order valence-corrected chi connectivity index (χ2v) is 33.4. The fraction of sp³-hybridized carbons (Fsp3) is 0.762. The van der Waals surface area contributed by atoms with Crippen LogP contribution in [0.3, 0.4) is 0 Å². The molecule has 10 unspecified atom stereocenters. The molecule has 0 nitrogen and oxygen atoms in total. The second-order valence-electron chi connectivity index (χ2n) is 17.6. The van der Waals surface area contributed by atoms with Crippen LogP contribution in [0, 0.1) is 89.9 Å². The summed E-state index contributed by atoms with van der Waals surface area (Å²) in [6.07, 6.45) is 7.50. The number of allylic oxidation sites excluding steroid dienone is 2. The molecule has 3 saturated carbocycles. The van der Waals surface area contributed by atoms with Gasteiger partial charge in [-0.1, -0.05) is 112 Å². The average molecular weight is 836 g/mol. The quantitative estimate of drug-likeness (QED) is 0.158. The van der Waals surface area contributed by atoms with Crippen LogP contribution in [0.4, 0.5) is 0 Å². The molecule has 0 aromatic heterocycles. The fourth-order valence-electron chi connectivity index (χ4n) is 10.7. The van der Waals surface area contributed by atoms with Gasteiger partial charge in [0, 0.05) is 13.6 Å². The zero-order valence-corrected chi connectivity index (χ0v) is 41.7. The molecule has 3 fully saturated rings. The molecule has 4 aliphatic carbocycles. The molecule has 0 amide bonds. The minimum absolute atomic E-state index is 0. The van der Waals surface area contributed by atoms with E-state index in [1.54, 1.807) is 0 Å². The van der Waals surface area contributed by atoms with E-state index in [1.165, 1.54) is 76.6 Å². The summed E-state index contributed by atoms with van der Waals surface area (Å²) in [6, 6.07) is 0. The summed E-state index contributed by atoms with van der Waals surface area (Å²) >= 11 is 6.02. The average Bonchev–Trinajstić information content (AvgIpc) is 3.69. The topological polar surface area (TPSA) is 0 Å². The van der Waals surface area contributed by atoms with Crippen LogP contribution in [0.15, 0.2) is 5.57 Å². The van der Waals surface area contributed by atoms with Crippen molar-refractivity contribution >= 4 is 49.1 Å². The van der Waals surface area contributed by atoms with E-state index in [1.807, 2.05) is 0 Å². The van der Waals surface area contributed by atoms with Crippen LogP contribution in [0.5, 0.6) is 0 Å². The number of halogens is 3. The number of hydrogen-bond donors (Lipinski definition) is 0. The molecular weight excluding hydrogens is 758 g/mol. The Morgan fingerprint density at radius 1 is 0.542 bits per heavy atom. The molecule has 0 aliphatic heterocycles. The standard InChI is InChI=1S/C18H36Si.C17H25ClSi.C5H10.2CH3.2ClH.Zr/c1-10-11(2)13(4)17-16(12(10)3)14(5)15(6)18(17)19(7,8)9;1-9-10(2)12(4)16-15(11(9)3)13(5)14(6)17(16)19(7,8)18;1-2-4-5-3-1;;;;;/h10-18H,1-9H3;17H,1-8H3;1-5H2;2*1H3;2*1H;/q;;;2*-1;;;+4/p-2. The summed E-state index contributed by atoms with van der Waals surface area (Å²) in [5.74, 6) is 7.57. The molecular formula is C42H77Cl3Si2Zr. The molecule has 5 rings (SSSR count). The third-order valence-corrected chi connectivity index (χ3v) is 19.6. The van der Waals surface area contributed by atoms with E-state index >= 15 is 0 Å². The normalized spacial score (nSPS) is 32.1. The van der Waals surface area contributed by atoms with Gasteiger partial charge in [0.25, 0.3) is 0 Å². The second kappa shape index (κ2) is 20.0. The molecule has 0 N–H and O–H groups in total. The van der Waals surface area contributed by atoms with Crippen molar-refractivity contribution in [3.8, 4) is 0 Å². The molecule has 6 heteroatoms. The zero-order chi connectivity index (χ0) is 35.6. The van der Waals surface area contributed by atoms with Crippen LogP contribution in [0.2, 0.25) is 38.3 Å². The van der Waals surface area contributed by atoms with E-state index in [0.29, 0.717) is 5.54 Å². The van der Waals surface area contributed by atoms with Crippen LogP contribution in [0.25, 0.3) is 5.57 Å². The van der Waals surface area contributed by atoms with E-state index in [9.17, 15) is 0 Å². The maximum atomic E-state index is 6.85. The Labute approximate surface area is 327 Å². The summed E-state index contributed by atoms with van der Waals surface area (Å²) in [6.45, 7) is 41.3. The van der Waals surface area contributed by atoms with Crippen LogP contribution in [0.1, 0.15) is 126 Å². The van der Waals surface area contributed by atoms with Gasteiger partial charge in [0.1, 0.15) is 0 Å². The van der Waals surface area contributed by atoms with Gasteiger partial charge in [0.15, 0.2) is 7.38 Å². The number of hydrogen-bond acceptors (Lipinski definition) is 0. The summed E-state index contributed by atoms with van der Waals surface area (Å²) in [5, 5.41) is 0. The van der Waals surface area contributed by atoms with Crippen molar-refractivity contribution in [1.29, 1.82) is 0 Å². The van der Waals surface area contributed by atoms with E-state index in [-0.39, 0.29) is 14.9 Å². The Kier molecular flexibility index (Phi) is 20.5. The molecule has 0 bridgehead atoms. The first-order chi connectivity index (χ1) is 21.1. The maximum absolute atomic E-state index is 6.85. The molecule has 48 heavy (non-hydrogen) atoms. The van der Waals surface area contributed by atoms with Crippen molar-refractivity contribution in [1.82, 2.24) is 0 Å². The van der Waals surface area contributed by atoms with Gasteiger partial charge in [-0.15, -0.1) is 0 Å². The van der Waals surface area contributed by atoms with Gasteiger partial charge < -0.3 is 14.9 Å². The van der Waals surface area contributed by atoms with Gasteiger partial charge in [0.2, 0.25) is 0 Å². The van der Waals surface area contributed by atoms with Crippen molar-refractivity contribution in [3.63, 3.8) is 0 Å². The predicted octanol–water partition coefficient (Wildman–Crippen LogP) is 15.8. The van der Waals surface area contributed by atoms with Crippen LogP contribution in [-0.2, 0) is 20.8 Å². The fourth-order valence-corrected chi connectivity index (χ4v) is 17.4. The SMILES string of the molecule is C1CCCC1.CC1=C(C)C([Si](C)(C)Cl)c2c(C)c(C)c(C)c(C)c21.CC1C(C)C(C)C2C(C1C)C(C)C(C)C2[Si](C)(C)C.[CH3-].[CH3-].[Cl][Zr+2][Cl]. The predicted molar refractivity (Wildman–Crippen MR) is 226 cm³/mol. The Balaban J connectivity index is 0.000000724. The van der Waals surface area contributed by atoms with E-state index in [2.05, 4.69) is 116 Å². The molecule has 0 spiro atoms. The third kappa shape index (κ3) is 10.4. The van der Waals surface area contributed by atoms with E-state index in [0.717, 1.165) is 52.9 Å². The van der Waals surface area contributed by atoms with Crippen molar-refractivity contribution < 1.29 is 20.8 Å². The molecule has 0 radical (unpaired) electrons. The van der Waals surface area contributed by atoms with Gasteiger partial charge in [-0.05, 0) is 133 Å². The Bertz CT molecular complexity index is 1190. The van der Waals surface area contributed by atoms with Gasteiger partial charge in [0.05, 0.1) is 0 Å². The third-order valence-electron chi connectivity index (χ3n) is 13.9. The summed E-state index contributed by atoms with van der Waals surface area (Å²) in [7, 11) is 7.05. The molecule has 278 valence electrons. The zero-order valence-electron chi connectivity index (χ0n) is 34.9. The molecule has 1 aromatic carbocycles. The first-order valence-electron chi connectivity index (χ1n) is 18.5. The number of benzene rings is 1. The Morgan fingerprint density at radius 3 is 1.27 bits per heavy atom. The number of rotatable bonds is 2. The first kappa shape index (κ1) is 49.1. The van der Waals surface area contributed by atoms with Crippen LogP contribution in [-0.4, -0.2) is 15.5 Å². The van der Waals surface area contributed by atoms with Gasteiger partial charge in [-0.2, -0.15) is 11.1 Å².